The molecule has 0 saturated carbocycles. The van der Waals surface area contributed by atoms with Gasteiger partial charge in [-0.15, -0.1) is 0 Å². The zero-order valence-corrected chi connectivity index (χ0v) is 12.4. The largest absolute Gasteiger partial charge is 0.332 e. The quantitative estimate of drug-likeness (QED) is 0.663. The number of hydrogen-bond acceptors (Lipinski definition) is 5. The van der Waals surface area contributed by atoms with Crippen molar-refractivity contribution in [2.24, 2.45) is 5.73 Å². The van der Waals surface area contributed by atoms with Crippen molar-refractivity contribution in [3.05, 3.63) is 38.9 Å². The Morgan fingerprint density at radius 2 is 2.24 bits per heavy atom. The first-order valence-corrected chi connectivity index (χ1v) is 6.95. The van der Waals surface area contributed by atoms with E-state index in [9.17, 15) is 14.9 Å². The number of benzene rings is 1. The maximum atomic E-state index is 12.6. The van der Waals surface area contributed by atoms with Crippen LogP contribution >= 0.6 is 11.6 Å². The summed E-state index contributed by atoms with van der Waals surface area (Å²) in [5, 5.41) is 11.3. The van der Waals surface area contributed by atoms with Gasteiger partial charge in [-0.1, -0.05) is 11.6 Å². The lowest BCUT2D eigenvalue weighted by Gasteiger charge is -2.39. The highest BCUT2D eigenvalue weighted by Crippen LogP contribution is 2.25. The molecule has 0 bridgehead atoms. The average molecular weight is 313 g/mol. The number of likely N-dealkylation sites (N-methyl/N-ethyl adjacent to an activating group) is 1. The predicted molar refractivity (Wildman–Crippen MR) is 79.5 cm³/mol. The van der Waals surface area contributed by atoms with Crippen LogP contribution < -0.4 is 5.73 Å². The maximum absolute atomic E-state index is 12.6. The fourth-order valence-corrected chi connectivity index (χ4v) is 2.64. The summed E-state index contributed by atoms with van der Waals surface area (Å²) in [6, 6.07) is 3.93. The van der Waals surface area contributed by atoms with Crippen LogP contribution in [0.25, 0.3) is 0 Å². The molecular formula is C13H17ClN4O3. The van der Waals surface area contributed by atoms with Crippen LogP contribution in [0.3, 0.4) is 0 Å². The number of amides is 1. The molecule has 1 atom stereocenters. The number of carbonyl (C=O) groups is 1. The molecule has 1 amide bonds. The van der Waals surface area contributed by atoms with Gasteiger partial charge in [-0.05, 0) is 19.2 Å². The van der Waals surface area contributed by atoms with Gasteiger partial charge >= 0.3 is 0 Å². The van der Waals surface area contributed by atoms with Gasteiger partial charge in [-0.3, -0.25) is 14.9 Å². The second-order valence-electron chi connectivity index (χ2n) is 5.07. The van der Waals surface area contributed by atoms with Crippen LogP contribution in [0.5, 0.6) is 0 Å². The number of halogens is 1. The van der Waals surface area contributed by atoms with Gasteiger partial charge in [0, 0.05) is 37.3 Å². The first-order chi connectivity index (χ1) is 9.93. The molecule has 2 rings (SSSR count). The average Bonchev–Trinajstić information content (AvgIpc) is 2.46. The van der Waals surface area contributed by atoms with Gasteiger partial charge in [0.05, 0.1) is 11.0 Å². The summed E-state index contributed by atoms with van der Waals surface area (Å²) in [4.78, 5) is 26.8. The maximum Gasteiger partial charge on any atom is 0.283 e. The van der Waals surface area contributed by atoms with Gasteiger partial charge in [0.2, 0.25) is 0 Å². The lowest BCUT2D eigenvalue weighted by Crippen LogP contribution is -2.56. The lowest BCUT2D eigenvalue weighted by atomic mass is 10.1. The molecule has 114 valence electrons. The van der Waals surface area contributed by atoms with E-state index < -0.39 is 4.92 Å². The summed E-state index contributed by atoms with van der Waals surface area (Å²) in [5.74, 6) is -0.373. The number of nitrogens with two attached hydrogens (primary N) is 1. The zero-order valence-electron chi connectivity index (χ0n) is 11.7. The number of rotatable bonds is 3. The Hall–Kier alpha value is -1.70. The molecule has 1 heterocycles. The third-order valence-corrected chi connectivity index (χ3v) is 3.84. The second-order valence-corrected chi connectivity index (χ2v) is 5.51. The molecule has 1 aliphatic rings. The second kappa shape index (κ2) is 6.38. The van der Waals surface area contributed by atoms with Crippen LogP contribution in [0, 0.1) is 10.1 Å². The minimum atomic E-state index is -0.591. The molecule has 1 aliphatic heterocycles. The smallest absolute Gasteiger partial charge is 0.283 e. The van der Waals surface area contributed by atoms with Gasteiger partial charge < -0.3 is 15.5 Å². The van der Waals surface area contributed by atoms with Crippen molar-refractivity contribution in [3.8, 4) is 0 Å². The lowest BCUT2D eigenvalue weighted by molar-refractivity contribution is -0.385. The number of carbonyl (C=O) groups excluding carboxylic acids is 1. The van der Waals surface area contributed by atoms with E-state index in [1.807, 2.05) is 7.05 Å². The van der Waals surface area contributed by atoms with E-state index in [1.165, 1.54) is 18.2 Å². The molecule has 1 fully saturated rings. The summed E-state index contributed by atoms with van der Waals surface area (Å²) in [6.45, 7) is 2.18. The van der Waals surface area contributed by atoms with Gasteiger partial charge in [0.1, 0.15) is 5.56 Å². The molecule has 1 unspecified atom stereocenters. The SMILES string of the molecule is CN1CCN(C(=O)c2ccc(Cl)cc2[N+](=O)[O-])C(CN)C1. The molecule has 8 heteroatoms. The first-order valence-electron chi connectivity index (χ1n) is 6.57. The van der Waals surface area contributed by atoms with E-state index in [0.717, 1.165) is 0 Å². The fourth-order valence-electron chi connectivity index (χ4n) is 2.47. The molecule has 1 aromatic rings. The Bertz CT molecular complexity index is 566. The van der Waals surface area contributed by atoms with E-state index in [0.29, 0.717) is 26.2 Å². The number of nitro benzene ring substituents is 1. The minimum absolute atomic E-state index is 0.0485. The van der Waals surface area contributed by atoms with Crippen LogP contribution in [0.2, 0.25) is 5.02 Å². The molecule has 0 radical (unpaired) electrons. The Morgan fingerprint density at radius 3 is 2.86 bits per heavy atom. The first kappa shape index (κ1) is 15.7. The third-order valence-electron chi connectivity index (χ3n) is 3.61. The van der Waals surface area contributed by atoms with Crippen LogP contribution in [-0.4, -0.2) is 59.9 Å². The van der Waals surface area contributed by atoms with Gasteiger partial charge in [-0.25, -0.2) is 0 Å². The normalized spacial score (nSPS) is 19.6. The highest BCUT2D eigenvalue weighted by Gasteiger charge is 2.32. The highest BCUT2D eigenvalue weighted by molar-refractivity contribution is 6.31. The topological polar surface area (TPSA) is 92.7 Å². The van der Waals surface area contributed by atoms with Crippen molar-refractivity contribution in [2.45, 2.75) is 6.04 Å². The van der Waals surface area contributed by atoms with E-state index >= 15 is 0 Å². The molecule has 0 aromatic heterocycles. The number of nitro groups is 1. The summed E-state index contributed by atoms with van der Waals surface area (Å²) < 4.78 is 0. The molecule has 7 nitrogen and oxygen atoms in total. The third kappa shape index (κ3) is 3.31. The van der Waals surface area contributed by atoms with Crippen LogP contribution in [0.15, 0.2) is 18.2 Å². The summed E-state index contributed by atoms with van der Waals surface area (Å²) in [6.07, 6.45) is 0. The van der Waals surface area contributed by atoms with Gasteiger partial charge in [-0.2, -0.15) is 0 Å². The van der Waals surface area contributed by atoms with Gasteiger partial charge in [0.25, 0.3) is 11.6 Å². The van der Waals surface area contributed by atoms with Crippen LogP contribution in [0.4, 0.5) is 5.69 Å². The van der Waals surface area contributed by atoms with Gasteiger partial charge in [0.15, 0.2) is 0 Å². The molecule has 2 N–H and O–H groups in total. The Morgan fingerprint density at radius 1 is 1.52 bits per heavy atom. The molecule has 1 aromatic carbocycles. The van der Waals surface area contributed by atoms with Crippen LogP contribution in [-0.2, 0) is 0 Å². The van der Waals surface area contributed by atoms with Crippen molar-refractivity contribution in [3.63, 3.8) is 0 Å². The Kier molecular flexibility index (Phi) is 4.76. The van der Waals surface area contributed by atoms with E-state index in [1.54, 1.807) is 4.90 Å². The summed E-state index contributed by atoms with van der Waals surface area (Å²) in [7, 11) is 1.95. The van der Waals surface area contributed by atoms with Crippen molar-refractivity contribution in [1.29, 1.82) is 0 Å². The molecule has 0 aliphatic carbocycles. The zero-order chi connectivity index (χ0) is 15.6. The number of nitrogens with zero attached hydrogens (tertiary/aromatic N) is 3. The molecule has 21 heavy (non-hydrogen) atoms. The standard InChI is InChI=1S/C13H17ClN4O3/c1-16-4-5-17(10(7-15)8-16)13(19)11-3-2-9(14)6-12(11)18(20)21/h2-3,6,10H,4-5,7-8,15H2,1H3. The summed E-state index contributed by atoms with van der Waals surface area (Å²) >= 11 is 5.77. The highest BCUT2D eigenvalue weighted by atomic mass is 35.5. The predicted octanol–water partition coefficient (Wildman–Crippen LogP) is 0.963. The van der Waals surface area contributed by atoms with E-state index in [-0.39, 0.29) is 28.2 Å². The van der Waals surface area contributed by atoms with Crippen molar-refractivity contribution in [2.75, 3.05) is 33.2 Å². The van der Waals surface area contributed by atoms with E-state index in [4.69, 9.17) is 17.3 Å². The number of hydrogen-bond donors (Lipinski definition) is 1. The fraction of sp³-hybridized carbons (Fsp3) is 0.462. The monoisotopic (exact) mass is 312 g/mol. The Balaban J connectivity index is 2.33. The van der Waals surface area contributed by atoms with Crippen molar-refractivity contribution >= 4 is 23.2 Å². The number of piperazine rings is 1. The van der Waals surface area contributed by atoms with Crippen molar-refractivity contribution < 1.29 is 9.72 Å². The molecule has 0 spiro atoms. The summed E-state index contributed by atoms with van der Waals surface area (Å²) in [5.41, 5.74) is 5.49. The van der Waals surface area contributed by atoms with E-state index in [2.05, 4.69) is 4.90 Å². The van der Waals surface area contributed by atoms with Crippen molar-refractivity contribution in [1.82, 2.24) is 9.80 Å². The molecular weight excluding hydrogens is 296 g/mol. The molecule has 1 saturated heterocycles. The Labute approximate surface area is 127 Å². The minimum Gasteiger partial charge on any atom is -0.332 e. The van der Waals surface area contributed by atoms with Crippen LogP contribution in [0.1, 0.15) is 10.4 Å².